The highest BCUT2D eigenvalue weighted by Crippen LogP contribution is 2.08. The minimum absolute atomic E-state index is 0.0239. The number of rotatable bonds is 1. The molecule has 1 aliphatic rings. The number of aromatic amines is 1. The summed E-state index contributed by atoms with van der Waals surface area (Å²) in [6.45, 7) is 4.17. The Balaban J connectivity index is 1.99. The SMILES string of the molecule is CC(=O)N1CCCN(C(=O)c2cn[nH]c2)CC1. The Morgan fingerprint density at radius 3 is 2.59 bits per heavy atom. The maximum atomic E-state index is 12.1. The van der Waals surface area contributed by atoms with Gasteiger partial charge in [0.05, 0.1) is 11.8 Å². The summed E-state index contributed by atoms with van der Waals surface area (Å²) >= 11 is 0. The van der Waals surface area contributed by atoms with E-state index in [2.05, 4.69) is 10.2 Å². The Morgan fingerprint density at radius 2 is 1.94 bits per heavy atom. The van der Waals surface area contributed by atoms with Gasteiger partial charge in [0.1, 0.15) is 0 Å². The number of hydrogen-bond donors (Lipinski definition) is 1. The van der Waals surface area contributed by atoms with Crippen LogP contribution in [0.5, 0.6) is 0 Å². The highest BCUT2D eigenvalue weighted by molar-refractivity contribution is 5.93. The number of carbonyl (C=O) groups excluding carboxylic acids is 2. The molecular weight excluding hydrogens is 220 g/mol. The van der Waals surface area contributed by atoms with Gasteiger partial charge in [-0.3, -0.25) is 14.7 Å². The molecule has 1 fully saturated rings. The fourth-order valence-corrected chi connectivity index (χ4v) is 1.99. The van der Waals surface area contributed by atoms with Crippen molar-refractivity contribution in [2.75, 3.05) is 26.2 Å². The van der Waals surface area contributed by atoms with Crippen molar-refractivity contribution >= 4 is 11.8 Å². The van der Waals surface area contributed by atoms with Crippen LogP contribution in [0.3, 0.4) is 0 Å². The van der Waals surface area contributed by atoms with E-state index < -0.39 is 0 Å². The summed E-state index contributed by atoms with van der Waals surface area (Å²) in [4.78, 5) is 26.9. The molecule has 2 heterocycles. The van der Waals surface area contributed by atoms with Gasteiger partial charge in [0, 0.05) is 39.3 Å². The van der Waals surface area contributed by atoms with Gasteiger partial charge in [-0.05, 0) is 6.42 Å². The van der Waals surface area contributed by atoms with Crippen molar-refractivity contribution in [3.8, 4) is 0 Å². The van der Waals surface area contributed by atoms with Gasteiger partial charge in [0.2, 0.25) is 5.91 Å². The van der Waals surface area contributed by atoms with Crippen molar-refractivity contribution in [3.05, 3.63) is 18.0 Å². The second kappa shape index (κ2) is 4.99. The molecule has 2 amide bonds. The third kappa shape index (κ3) is 2.64. The van der Waals surface area contributed by atoms with Crippen LogP contribution >= 0.6 is 0 Å². The minimum Gasteiger partial charge on any atom is -0.341 e. The maximum Gasteiger partial charge on any atom is 0.257 e. The molecule has 0 unspecified atom stereocenters. The maximum absolute atomic E-state index is 12.1. The van der Waals surface area contributed by atoms with E-state index in [9.17, 15) is 9.59 Å². The molecule has 0 bridgehead atoms. The third-order valence-corrected chi connectivity index (χ3v) is 2.97. The van der Waals surface area contributed by atoms with E-state index in [0.717, 1.165) is 13.0 Å². The Morgan fingerprint density at radius 1 is 1.24 bits per heavy atom. The van der Waals surface area contributed by atoms with E-state index in [4.69, 9.17) is 0 Å². The Labute approximate surface area is 99.6 Å². The van der Waals surface area contributed by atoms with Crippen molar-refractivity contribution in [2.24, 2.45) is 0 Å². The van der Waals surface area contributed by atoms with E-state index in [1.54, 1.807) is 22.9 Å². The lowest BCUT2D eigenvalue weighted by molar-refractivity contribution is -0.128. The quantitative estimate of drug-likeness (QED) is 0.752. The number of nitrogens with one attached hydrogen (secondary N) is 1. The molecule has 0 radical (unpaired) electrons. The van der Waals surface area contributed by atoms with Crippen LogP contribution in [-0.2, 0) is 4.79 Å². The molecule has 0 aromatic carbocycles. The Bertz CT molecular complexity index is 402. The summed E-state index contributed by atoms with van der Waals surface area (Å²) in [5.74, 6) is 0.0479. The van der Waals surface area contributed by atoms with Gasteiger partial charge in [-0.15, -0.1) is 0 Å². The first-order valence-corrected chi connectivity index (χ1v) is 5.72. The second-order valence-electron chi connectivity index (χ2n) is 4.14. The van der Waals surface area contributed by atoms with Crippen molar-refractivity contribution < 1.29 is 9.59 Å². The molecule has 0 aliphatic carbocycles. The van der Waals surface area contributed by atoms with Gasteiger partial charge in [0.25, 0.3) is 5.91 Å². The van der Waals surface area contributed by atoms with Gasteiger partial charge in [-0.2, -0.15) is 5.10 Å². The lowest BCUT2D eigenvalue weighted by Gasteiger charge is -2.20. The molecule has 1 aromatic heterocycles. The zero-order chi connectivity index (χ0) is 12.3. The smallest absolute Gasteiger partial charge is 0.257 e. The summed E-state index contributed by atoms with van der Waals surface area (Å²) in [6.07, 6.45) is 3.94. The molecule has 1 N–H and O–H groups in total. The van der Waals surface area contributed by atoms with Crippen molar-refractivity contribution in [1.82, 2.24) is 20.0 Å². The lowest BCUT2D eigenvalue weighted by atomic mass is 10.3. The zero-order valence-corrected chi connectivity index (χ0v) is 9.85. The third-order valence-electron chi connectivity index (χ3n) is 2.97. The monoisotopic (exact) mass is 236 g/mol. The topological polar surface area (TPSA) is 69.3 Å². The fraction of sp³-hybridized carbons (Fsp3) is 0.545. The first kappa shape index (κ1) is 11.6. The van der Waals surface area contributed by atoms with Gasteiger partial charge in [-0.1, -0.05) is 0 Å². The number of H-pyrrole nitrogens is 1. The van der Waals surface area contributed by atoms with Crippen molar-refractivity contribution in [1.29, 1.82) is 0 Å². The standard InChI is InChI=1S/C11H16N4O2/c1-9(16)14-3-2-4-15(6-5-14)11(17)10-7-12-13-8-10/h7-8H,2-6H2,1H3,(H,12,13). The van der Waals surface area contributed by atoms with Crippen LogP contribution in [0.4, 0.5) is 0 Å². The summed E-state index contributed by atoms with van der Waals surface area (Å²) < 4.78 is 0. The normalized spacial score (nSPS) is 16.8. The summed E-state index contributed by atoms with van der Waals surface area (Å²) in [5, 5.41) is 6.40. The summed E-state index contributed by atoms with van der Waals surface area (Å²) in [6, 6.07) is 0. The van der Waals surface area contributed by atoms with E-state index in [-0.39, 0.29) is 11.8 Å². The molecule has 6 nitrogen and oxygen atoms in total. The van der Waals surface area contributed by atoms with Crippen LogP contribution in [0, 0.1) is 0 Å². The number of hydrogen-bond acceptors (Lipinski definition) is 3. The molecule has 1 aliphatic heterocycles. The summed E-state index contributed by atoms with van der Waals surface area (Å²) in [7, 11) is 0. The predicted octanol–water partition coefficient (Wildman–Crippen LogP) is 0.104. The summed E-state index contributed by atoms with van der Waals surface area (Å²) in [5.41, 5.74) is 0.571. The van der Waals surface area contributed by atoms with Crippen LogP contribution in [0.25, 0.3) is 0 Å². The average molecular weight is 236 g/mol. The lowest BCUT2D eigenvalue weighted by Crippen LogP contribution is -2.36. The van der Waals surface area contributed by atoms with Crippen LogP contribution in [-0.4, -0.2) is 58.0 Å². The Hall–Kier alpha value is -1.85. The molecule has 6 heteroatoms. The van der Waals surface area contributed by atoms with E-state index in [0.29, 0.717) is 25.2 Å². The van der Waals surface area contributed by atoms with Crippen LogP contribution in [0.1, 0.15) is 23.7 Å². The molecule has 0 spiro atoms. The molecule has 1 saturated heterocycles. The van der Waals surface area contributed by atoms with Crippen LogP contribution in [0.15, 0.2) is 12.4 Å². The number of aromatic nitrogens is 2. The number of carbonyl (C=O) groups is 2. The largest absolute Gasteiger partial charge is 0.341 e. The number of amides is 2. The van der Waals surface area contributed by atoms with E-state index in [1.165, 1.54) is 6.20 Å². The van der Waals surface area contributed by atoms with E-state index in [1.807, 2.05) is 0 Å². The predicted molar refractivity (Wildman–Crippen MR) is 61.4 cm³/mol. The molecule has 1 aromatic rings. The highest BCUT2D eigenvalue weighted by atomic mass is 16.2. The first-order valence-electron chi connectivity index (χ1n) is 5.72. The van der Waals surface area contributed by atoms with Crippen LogP contribution < -0.4 is 0 Å². The minimum atomic E-state index is -0.0239. The molecule has 92 valence electrons. The molecule has 2 rings (SSSR count). The van der Waals surface area contributed by atoms with Crippen LogP contribution in [0.2, 0.25) is 0 Å². The average Bonchev–Trinajstić information content (AvgIpc) is 2.71. The molecule has 17 heavy (non-hydrogen) atoms. The van der Waals surface area contributed by atoms with Crippen molar-refractivity contribution in [2.45, 2.75) is 13.3 Å². The zero-order valence-electron chi connectivity index (χ0n) is 9.85. The van der Waals surface area contributed by atoms with Crippen molar-refractivity contribution in [3.63, 3.8) is 0 Å². The molecule has 0 saturated carbocycles. The van der Waals surface area contributed by atoms with Gasteiger partial charge in [0.15, 0.2) is 0 Å². The first-order chi connectivity index (χ1) is 8.18. The van der Waals surface area contributed by atoms with Gasteiger partial charge >= 0.3 is 0 Å². The van der Waals surface area contributed by atoms with E-state index >= 15 is 0 Å². The Kier molecular flexibility index (Phi) is 3.41. The molecule has 0 atom stereocenters. The highest BCUT2D eigenvalue weighted by Gasteiger charge is 2.21. The second-order valence-corrected chi connectivity index (χ2v) is 4.14. The van der Waals surface area contributed by atoms with Gasteiger partial charge < -0.3 is 9.80 Å². The number of nitrogens with zero attached hydrogens (tertiary/aromatic N) is 3. The molecular formula is C11H16N4O2. The fourth-order valence-electron chi connectivity index (χ4n) is 1.99. The van der Waals surface area contributed by atoms with Gasteiger partial charge in [-0.25, -0.2) is 0 Å².